The van der Waals surface area contributed by atoms with Crippen LogP contribution in [0.2, 0.25) is 0 Å². The van der Waals surface area contributed by atoms with Crippen molar-refractivity contribution in [3.05, 3.63) is 70.2 Å². The molecule has 0 aromatic heterocycles. The van der Waals surface area contributed by atoms with Crippen LogP contribution in [0.25, 0.3) is 0 Å². The van der Waals surface area contributed by atoms with Crippen LogP contribution in [0.5, 0.6) is 0 Å². The van der Waals surface area contributed by atoms with Gasteiger partial charge in [0.1, 0.15) is 0 Å². The standard InChI is InChI=1S/C18H22BrN/c1-2-20-14-17(12-15-6-4-3-5-7-15)13-16-8-10-18(19)11-9-16/h3-11,17,20H,2,12-14H2,1H3. The van der Waals surface area contributed by atoms with Gasteiger partial charge in [0.25, 0.3) is 0 Å². The number of benzene rings is 2. The third-order valence-corrected chi connectivity index (χ3v) is 4.02. The van der Waals surface area contributed by atoms with Crippen molar-refractivity contribution in [2.75, 3.05) is 13.1 Å². The van der Waals surface area contributed by atoms with Crippen molar-refractivity contribution < 1.29 is 0 Å². The highest BCUT2D eigenvalue weighted by molar-refractivity contribution is 9.10. The van der Waals surface area contributed by atoms with Gasteiger partial charge < -0.3 is 5.32 Å². The maximum Gasteiger partial charge on any atom is 0.0175 e. The molecule has 0 heterocycles. The first-order valence-electron chi connectivity index (χ1n) is 7.27. The van der Waals surface area contributed by atoms with Crippen molar-refractivity contribution in [2.24, 2.45) is 5.92 Å². The predicted octanol–water partition coefficient (Wildman–Crippen LogP) is 4.46. The van der Waals surface area contributed by atoms with Crippen molar-refractivity contribution >= 4 is 15.9 Å². The van der Waals surface area contributed by atoms with Gasteiger partial charge in [-0.15, -0.1) is 0 Å². The Kier molecular flexibility index (Phi) is 6.28. The summed E-state index contributed by atoms with van der Waals surface area (Å²) in [6.07, 6.45) is 2.25. The topological polar surface area (TPSA) is 12.0 Å². The molecule has 1 nitrogen and oxygen atoms in total. The molecule has 0 amide bonds. The van der Waals surface area contributed by atoms with E-state index in [0.717, 1.165) is 30.4 Å². The third-order valence-electron chi connectivity index (χ3n) is 3.49. The second-order valence-corrected chi connectivity index (χ2v) is 6.11. The number of nitrogens with one attached hydrogen (secondary N) is 1. The van der Waals surface area contributed by atoms with Crippen LogP contribution in [-0.4, -0.2) is 13.1 Å². The Balaban J connectivity index is 2.01. The van der Waals surface area contributed by atoms with E-state index in [0.29, 0.717) is 5.92 Å². The molecule has 2 heteroatoms. The van der Waals surface area contributed by atoms with Crippen molar-refractivity contribution in [2.45, 2.75) is 19.8 Å². The second-order valence-electron chi connectivity index (χ2n) is 5.19. The summed E-state index contributed by atoms with van der Waals surface area (Å²) in [4.78, 5) is 0. The lowest BCUT2D eigenvalue weighted by molar-refractivity contribution is 0.478. The molecular formula is C18H22BrN. The molecule has 0 bridgehead atoms. The summed E-state index contributed by atoms with van der Waals surface area (Å²) >= 11 is 3.50. The molecule has 1 atom stereocenters. The monoisotopic (exact) mass is 331 g/mol. The van der Waals surface area contributed by atoms with E-state index < -0.39 is 0 Å². The normalized spacial score (nSPS) is 12.3. The number of hydrogen-bond acceptors (Lipinski definition) is 1. The van der Waals surface area contributed by atoms with Crippen LogP contribution in [0.15, 0.2) is 59.1 Å². The van der Waals surface area contributed by atoms with Gasteiger partial charge >= 0.3 is 0 Å². The molecule has 1 unspecified atom stereocenters. The molecule has 0 aliphatic heterocycles. The predicted molar refractivity (Wildman–Crippen MR) is 90.0 cm³/mol. The van der Waals surface area contributed by atoms with Gasteiger partial charge in [-0.3, -0.25) is 0 Å². The summed E-state index contributed by atoms with van der Waals surface area (Å²) in [6, 6.07) is 19.5. The Morgan fingerprint density at radius 3 is 2.10 bits per heavy atom. The van der Waals surface area contributed by atoms with E-state index in [9.17, 15) is 0 Å². The van der Waals surface area contributed by atoms with Crippen LogP contribution in [0.3, 0.4) is 0 Å². The van der Waals surface area contributed by atoms with Gasteiger partial charge in [-0.2, -0.15) is 0 Å². The second kappa shape index (κ2) is 8.23. The molecule has 0 radical (unpaired) electrons. The van der Waals surface area contributed by atoms with E-state index in [1.165, 1.54) is 11.1 Å². The van der Waals surface area contributed by atoms with Crippen molar-refractivity contribution in [1.29, 1.82) is 0 Å². The summed E-state index contributed by atoms with van der Waals surface area (Å²) in [6.45, 7) is 4.27. The van der Waals surface area contributed by atoms with Crippen LogP contribution >= 0.6 is 15.9 Å². The van der Waals surface area contributed by atoms with Crippen molar-refractivity contribution in [3.8, 4) is 0 Å². The molecule has 0 spiro atoms. The van der Waals surface area contributed by atoms with Gasteiger partial charge in [-0.05, 0) is 55.1 Å². The van der Waals surface area contributed by atoms with Crippen molar-refractivity contribution in [3.63, 3.8) is 0 Å². The number of rotatable bonds is 7. The zero-order valence-corrected chi connectivity index (χ0v) is 13.6. The highest BCUT2D eigenvalue weighted by Gasteiger charge is 2.10. The van der Waals surface area contributed by atoms with Crippen LogP contribution in [0.1, 0.15) is 18.1 Å². The average molecular weight is 332 g/mol. The van der Waals surface area contributed by atoms with Gasteiger partial charge in [0.05, 0.1) is 0 Å². The summed E-state index contributed by atoms with van der Waals surface area (Å²) in [5.41, 5.74) is 2.83. The molecular weight excluding hydrogens is 310 g/mol. The molecule has 0 aliphatic carbocycles. The lowest BCUT2D eigenvalue weighted by Gasteiger charge is -2.17. The molecule has 0 saturated carbocycles. The Labute approximate surface area is 130 Å². The molecule has 0 aliphatic rings. The summed E-state index contributed by atoms with van der Waals surface area (Å²) < 4.78 is 1.15. The lowest BCUT2D eigenvalue weighted by Crippen LogP contribution is -2.25. The molecule has 20 heavy (non-hydrogen) atoms. The summed E-state index contributed by atoms with van der Waals surface area (Å²) in [5.74, 6) is 0.638. The van der Waals surface area contributed by atoms with E-state index in [1.807, 2.05) is 0 Å². The highest BCUT2D eigenvalue weighted by Crippen LogP contribution is 2.17. The van der Waals surface area contributed by atoms with Gasteiger partial charge in [-0.25, -0.2) is 0 Å². The first-order chi connectivity index (χ1) is 9.78. The molecule has 1 N–H and O–H groups in total. The van der Waals surface area contributed by atoms with Gasteiger partial charge in [-0.1, -0.05) is 65.3 Å². The maximum atomic E-state index is 3.50. The van der Waals surface area contributed by atoms with E-state index in [4.69, 9.17) is 0 Å². The largest absolute Gasteiger partial charge is 0.317 e. The average Bonchev–Trinajstić information content (AvgIpc) is 2.48. The van der Waals surface area contributed by atoms with Gasteiger partial charge in [0.2, 0.25) is 0 Å². The zero-order valence-electron chi connectivity index (χ0n) is 12.0. The van der Waals surface area contributed by atoms with E-state index in [1.54, 1.807) is 0 Å². The van der Waals surface area contributed by atoms with Gasteiger partial charge in [0.15, 0.2) is 0 Å². The molecule has 2 aromatic rings. The molecule has 0 fully saturated rings. The minimum Gasteiger partial charge on any atom is -0.317 e. The zero-order chi connectivity index (χ0) is 14.2. The molecule has 2 aromatic carbocycles. The fraction of sp³-hybridized carbons (Fsp3) is 0.333. The van der Waals surface area contributed by atoms with Crippen LogP contribution in [0.4, 0.5) is 0 Å². The fourth-order valence-corrected chi connectivity index (χ4v) is 2.73. The van der Waals surface area contributed by atoms with E-state index in [-0.39, 0.29) is 0 Å². The smallest absolute Gasteiger partial charge is 0.0175 e. The number of halogens is 1. The molecule has 106 valence electrons. The summed E-state index contributed by atoms with van der Waals surface area (Å²) in [5, 5.41) is 3.49. The lowest BCUT2D eigenvalue weighted by atomic mass is 9.92. The van der Waals surface area contributed by atoms with Gasteiger partial charge in [0, 0.05) is 4.47 Å². The Morgan fingerprint density at radius 2 is 1.50 bits per heavy atom. The SMILES string of the molecule is CCNCC(Cc1ccccc1)Cc1ccc(Br)cc1. The van der Waals surface area contributed by atoms with Crippen LogP contribution < -0.4 is 5.32 Å². The highest BCUT2D eigenvalue weighted by atomic mass is 79.9. The first-order valence-corrected chi connectivity index (χ1v) is 8.06. The number of hydrogen-bond donors (Lipinski definition) is 1. The van der Waals surface area contributed by atoms with Crippen molar-refractivity contribution in [1.82, 2.24) is 5.32 Å². The quantitative estimate of drug-likeness (QED) is 0.789. The fourth-order valence-electron chi connectivity index (χ4n) is 2.47. The Hall–Kier alpha value is -1.12. The van der Waals surface area contributed by atoms with E-state index in [2.05, 4.69) is 82.8 Å². The molecule has 0 saturated heterocycles. The van der Waals surface area contributed by atoms with Crippen LogP contribution in [0, 0.1) is 5.92 Å². The van der Waals surface area contributed by atoms with E-state index >= 15 is 0 Å². The van der Waals surface area contributed by atoms with Crippen LogP contribution in [-0.2, 0) is 12.8 Å². The Bertz CT molecular complexity index is 493. The molecule has 2 rings (SSSR count). The third kappa shape index (κ3) is 5.10. The minimum absolute atomic E-state index is 0.638. The minimum atomic E-state index is 0.638. The Morgan fingerprint density at radius 1 is 0.900 bits per heavy atom. The summed E-state index contributed by atoms with van der Waals surface area (Å²) in [7, 11) is 0. The maximum absolute atomic E-state index is 3.50. The first kappa shape index (κ1) is 15.3.